The summed E-state index contributed by atoms with van der Waals surface area (Å²) in [6.07, 6.45) is 0. The predicted molar refractivity (Wildman–Crippen MR) is 172 cm³/mol. The monoisotopic (exact) mass is 543 g/mol. The third-order valence-electron chi connectivity index (χ3n) is 8.83. The zero-order chi connectivity index (χ0) is 27.3. The van der Waals surface area contributed by atoms with Gasteiger partial charge in [-0.05, 0) is 46.5 Å². The van der Waals surface area contributed by atoms with Gasteiger partial charge in [0, 0.05) is 31.8 Å². The van der Waals surface area contributed by atoms with Gasteiger partial charge >= 0.3 is 0 Å². The summed E-state index contributed by atoms with van der Waals surface area (Å²) in [4.78, 5) is 10.7. The molecule has 0 saturated heterocycles. The molecule has 0 fully saturated rings. The molecule has 9 rings (SSSR count). The van der Waals surface area contributed by atoms with E-state index in [-0.39, 0.29) is 5.41 Å². The lowest BCUT2D eigenvalue weighted by Gasteiger charge is -2.21. The van der Waals surface area contributed by atoms with Gasteiger partial charge in [-0.2, -0.15) is 0 Å². The minimum absolute atomic E-state index is 0.0923. The van der Waals surface area contributed by atoms with Gasteiger partial charge in [0.15, 0.2) is 0 Å². The smallest absolute Gasteiger partial charge is 0.235 e. The highest BCUT2D eigenvalue weighted by atomic mass is 32.1. The number of benzene rings is 5. The molecule has 3 heterocycles. The highest BCUT2D eigenvalue weighted by Gasteiger charge is 2.36. The average Bonchev–Trinajstić information content (AvgIpc) is 3.62. The quantitative estimate of drug-likeness (QED) is 0.217. The number of nitrogens with zero attached hydrogens (tertiary/aromatic N) is 3. The molecule has 0 bridgehead atoms. The maximum atomic E-state index is 5.34. The Hall–Kier alpha value is -4.80. The van der Waals surface area contributed by atoms with E-state index in [2.05, 4.69) is 134 Å². The Morgan fingerprint density at radius 1 is 0.610 bits per heavy atom. The molecule has 0 aliphatic heterocycles. The lowest BCUT2D eigenvalue weighted by Crippen LogP contribution is -2.15. The normalized spacial score (nSPS) is 13.8. The van der Waals surface area contributed by atoms with E-state index in [1.54, 1.807) is 11.3 Å². The van der Waals surface area contributed by atoms with E-state index in [9.17, 15) is 0 Å². The topological polar surface area (TPSA) is 30.7 Å². The molecule has 4 heteroatoms. The number of hydrogen-bond donors (Lipinski definition) is 0. The Morgan fingerprint density at radius 2 is 1.34 bits per heavy atom. The fourth-order valence-corrected chi connectivity index (χ4v) is 8.00. The number of rotatable bonds is 2. The van der Waals surface area contributed by atoms with Crippen LogP contribution in [0.2, 0.25) is 0 Å². The summed E-state index contributed by atoms with van der Waals surface area (Å²) in [7, 11) is 0. The summed E-state index contributed by atoms with van der Waals surface area (Å²) < 4.78 is 4.63. The number of hydrogen-bond acceptors (Lipinski definition) is 3. The summed E-state index contributed by atoms with van der Waals surface area (Å²) in [5, 5.41) is 3.62. The van der Waals surface area contributed by atoms with Crippen molar-refractivity contribution in [1.82, 2.24) is 14.5 Å². The SMILES string of the molecule is CC1(C)c2ccccc2-c2cc3c4ccccc4n(-c4nc(-c5ccccc5)c5sc6ccccc6c5n4)c3cc21. The summed E-state index contributed by atoms with van der Waals surface area (Å²) in [6.45, 7) is 4.67. The lowest BCUT2D eigenvalue weighted by atomic mass is 9.82. The molecule has 1 aliphatic rings. The summed E-state index contributed by atoms with van der Waals surface area (Å²) in [6, 6.07) is 41.4. The standard InChI is InChI=1S/C37H25N3S/c1-37(2)28-17-9-6-14-23(28)26-20-27-24-15-7-10-18-30(24)40(31(27)21-29(26)37)36-38-33(22-12-4-3-5-13-22)35-34(39-36)25-16-8-11-19-32(25)41-35/h3-21H,1-2H3. The first-order chi connectivity index (χ1) is 20.1. The highest BCUT2D eigenvalue weighted by Crippen LogP contribution is 2.51. The molecule has 0 saturated carbocycles. The molecular weight excluding hydrogens is 518 g/mol. The molecule has 0 radical (unpaired) electrons. The van der Waals surface area contributed by atoms with Gasteiger partial charge in [0.05, 0.1) is 26.9 Å². The van der Waals surface area contributed by atoms with E-state index in [4.69, 9.17) is 9.97 Å². The zero-order valence-corrected chi connectivity index (χ0v) is 23.5. The van der Waals surface area contributed by atoms with Gasteiger partial charge in [0.25, 0.3) is 0 Å². The molecule has 8 aromatic rings. The second kappa shape index (κ2) is 8.12. The van der Waals surface area contributed by atoms with E-state index in [0.717, 1.165) is 32.5 Å². The first kappa shape index (κ1) is 23.0. The summed E-state index contributed by atoms with van der Waals surface area (Å²) in [5.74, 6) is 0.708. The lowest BCUT2D eigenvalue weighted by molar-refractivity contribution is 0.661. The molecule has 0 N–H and O–H groups in total. The Kier molecular flexibility index (Phi) is 4.55. The molecule has 3 nitrogen and oxygen atoms in total. The third kappa shape index (κ3) is 3.08. The maximum Gasteiger partial charge on any atom is 0.235 e. The molecule has 194 valence electrons. The van der Waals surface area contributed by atoms with E-state index in [0.29, 0.717) is 5.95 Å². The summed E-state index contributed by atoms with van der Waals surface area (Å²) >= 11 is 1.77. The number of fused-ring (bicyclic) bond motifs is 9. The van der Waals surface area contributed by atoms with Crippen LogP contribution in [0.4, 0.5) is 0 Å². The minimum atomic E-state index is -0.0923. The van der Waals surface area contributed by atoms with Gasteiger partial charge in [-0.3, -0.25) is 4.57 Å². The van der Waals surface area contributed by atoms with E-state index in [1.807, 2.05) is 0 Å². The Labute approximate surface area is 241 Å². The van der Waals surface area contributed by atoms with Crippen molar-refractivity contribution < 1.29 is 0 Å². The molecule has 0 atom stereocenters. The number of thiophene rings is 1. The van der Waals surface area contributed by atoms with Crippen molar-refractivity contribution in [2.24, 2.45) is 0 Å². The molecule has 41 heavy (non-hydrogen) atoms. The average molecular weight is 544 g/mol. The fraction of sp³-hybridized carbons (Fsp3) is 0.0811. The van der Waals surface area contributed by atoms with E-state index >= 15 is 0 Å². The largest absolute Gasteiger partial charge is 0.278 e. The Balaban J connectivity index is 1.42. The van der Waals surface area contributed by atoms with E-state index in [1.165, 1.54) is 43.1 Å². The van der Waals surface area contributed by atoms with Crippen LogP contribution in [0.5, 0.6) is 0 Å². The Morgan fingerprint density at radius 3 is 2.22 bits per heavy atom. The van der Waals surface area contributed by atoms with Crippen LogP contribution in [-0.2, 0) is 5.41 Å². The van der Waals surface area contributed by atoms with Gasteiger partial charge in [-0.1, -0.05) is 105 Å². The highest BCUT2D eigenvalue weighted by molar-refractivity contribution is 7.26. The zero-order valence-electron chi connectivity index (χ0n) is 22.7. The van der Waals surface area contributed by atoms with Gasteiger partial charge in [-0.15, -0.1) is 11.3 Å². The van der Waals surface area contributed by atoms with Crippen molar-refractivity contribution in [3.05, 3.63) is 126 Å². The second-order valence-electron chi connectivity index (χ2n) is 11.5. The molecule has 0 unspecified atom stereocenters. The van der Waals surface area contributed by atoms with Crippen LogP contribution in [-0.4, -0.2) is 14.5 Å². The molecular formula is C37H25N3S. The Bertz CT molecular complexity index is 2340. The first-order valence-electron chi connectivity index (χ1n) is 14.0. The minimum Gasteiger partial charge on any atom is -0.278 e. The first-order valence-corrected chi connectivity index (χ1v) is 14.8. The van der Waals surface area contributed by atoms with Gasteiger partial charge in [0.1, 0.15) is 0 Å². The molecule has 0 amide bonds. The van der Waals surface area contributed by atoms with Crippen LogP contribution in [0.1, 0.15) is 25.0 Å². The molecule has 0 spiro atoms. The van der Waals surface area contributed by atoms with Crippen molar-refractivity contribution in [3.63, 3.8) is 0 Å². The summed E-state index contributed by atoms with van der Waals surface area (Å²) in [5.41, 5.74) is 10.6. The van der Waals surface area contributed by atoms with Gasteiger partial charge in [-0.25, -0.2) is 9.97 Å². The van der Waals surface area contributed by atoms with Crippen molar-refractivity contribution in [1.29, 1.82) is 0 Å². The van der Waals surface area contributed by atoms with Crippen molar-refractivity contribution >= 4 is 53.4 Å². The molecule has 5 aromatic carbocycles. The predicted octanol–water partition coefficient (Wildman–Crippen LogP) is 9.91. The van der Waals surface area contributed by atoms with E-state index < -0.39 is 0 Å². The molecule has 1 aliphatic carbocycles. The van der Waals surface area contributed by atoms with Crippen LogP contribution in [0.15, 0.2) is 115 Å². The number of para-hydroxylation sites is 1. The maximum absolute atomic E-state index is 5.34. The third-order valence-corrected chi connectivity index (χ3v) is 10.00. The van der Waals surface area contributed by atoms with Gasteiger partial charge < -0.3 is 0 Å². The second-order valence-corrected chi connectivity index (χ2v) is 12.5. The van der Waals surface area contributed by atoms with Crippen molar-refractivity contribution in [2.75, 3.05) is 0 Å². The van der Waals surface area contributed by atoms with Crippen LogP contribution >= 0.6 is 11.3 Å². The van der Waals surface area contributed by atoms with Crippen molar-refractivity contribution in [3.8, 4) is 28.3 Å². The van der Waals surface area contributed by atoms with Gasteiger partial charge in [0.2, 0.25) is 5.95 Å². The number of aromatic nitrogens is 3. The van der Waals surface area contributed by atoms with Crippen LogP contribution in [0, 0.1) is 0 Å². The van der Waals surface area contributed by atoms with Crippen LogP contribution in [0.3, 0.4) is 0 Å². The fourth-order valence-electron chi connectivity index (χ4n) is 6.85. The van der Waals surface area contributed by atoms with Crippen LogP contribution < -0.4 is 0 Å². The van der Waals surface area contributed by atoms with Crippen molar-refractivity contribution in [2.45, 2.75) is 19.3 Å². The molecule has 3 aromatic heterocycles. The van der Waals surface area contributed by atoms with Crippen LogP contribution in [0.25, 0.3) is 70.4 Å².